The van der Waals surface area contributed by atoms with Gasteiger partial charge in [-0.3, -0.25) is 4.79 Å². The number of rotatable bonds is 6. The average Bonchev–Trinajstić information content (AvgIpc) is 3.48. The SMILES string of the molecule is N#Cc1ccccc1NC(=O)COC(=O)c1cc(-c2cccs2)nn1-c1ccccc1. The van der Waals surface area contributed by atoms with E-state index in [4.69, 9.17) is 10.00 Å². The highest BCUT2D eigenvalue weighted by molar-refractivity contribution is 7.13. The Morgan fingerprint density at radius 2 is 1.84 bits per heavy atom. The molecular weight excluding hydrogens is 412 g/mol. The fourth-order valence-electron chi connectivity index (χ4n) is 2.92. The molecule has 4 rings (SSSR count). The van der Waals surface area contributed by atoms with Crippen LogP contribution in [0.25, 0.3) is 16.3 Å². The number of hydrogen-bond donors (Lipinski definition) is 1. The molecule has 1 amide bonds. The number of carbonyl (C=O) groups is 2. The zero-order valence-electron chi connectivity index (χ0n) is 16.2. The number of para-hydroxylation sites is 2. The number of nitrogens with one attached hydrogen (secondary N) is 1. The van der Waals surface area contributed by atoms with E-state index in [-0.39, 0.29) is 5.69 Å². The quantitative estimate of drug-likeness (QED) is 0.463. The first-order valence-electron chi connectivity index (χ1n) is 9.31. The van der Waals surface area contributed by atoms with Crippen LogP contribution in [0.4, 0.5) is 5.69 Å². The monoisotopic (exact) mass is 428 g/mol. The lowest BCUT2D eigenvalue weighted by Gasteiger charge is -2.09. The molecule has 0 aliphatic rings. The average molecular weight is 428 g/mol. The van der Waals surface area contributed by atoms with Crippen LogP contribution in [-0.2, 0) is 9.53 Å². The van der Waals surface area contributed by atoms with Gasteiger partial charge in [-0.15, -0.1) is 11.3 Å². The van der Waals surface area contributed by atoms with Gasteiger partial charge in [-0.05, 0) is 35.7 Å². The second kappa shape index (κ2) is 9.07. The molecule has 2 aromatic carbocycles. The van der Waals surface area contributed by atoms with Crippen molar-refractivity contribution in [3.63, 3.8) is 0 Å². The molecule has 0 atom stereocenters. The normalized spacial score (nSPS) is 10.3. The molecule has 31 heavy (non-hydrogen) atoms. The van der Waals surface area contributed by atoms with Crippen LogP contribution in [-0.4, -0.2) is 28.3 Å². The smallest absolute Gasteiger partial charge is 0.357 e. The van der Waals surface area contributed by atoms with Crippen LogP contribution in [0.1, 0.15) is 16.1 Å². The van der Waals surface area contributed by atoms with Crippen LogP contribution >= 0.6 is 11.3 Å². The number of amides is 1. The Hall–Kier alpha value is -4.22. The van der Waals surface area contributed by atoms with Crippen molar-refractivity contribution in [3.05, 3.63) is 89.4 Å². The minimum Gasteiger partial charge on any atom is -0.451 e. The van der Waals surface area contributed by atoms with Crippen molar-refractivity contribution in [2.75, 3.05) is 11.9 Å². The second-order valence-electron chi connectivity index (χ2n) is 6.42. The van der Waals surface area contributed by atoms with E-state index < -0.39 is 18.5 Å². The van der Waals surface area contributed by atoms with Crippen molar-refractivity contribution in [3.8, 4) is 22.3 Å². The summed E-state index contributed by atoms with van der Waals surface area (Å²) >= 11 is 1.51. The number of nitriles is 1. The van der Waals surface area contributed by atoms with Gasteiger partial charge in [-0.25, -0.2) is 9.48 Å². The van der Waals surface area contributed by atoms with Gasteiger partial charge in [0.15, 0.2) is 12.3 Å². The van der Waals surface area contributed by atoms with Crippen LogP contribution in [0.15, 0.2) is 78.2 Å². The molecule has 0 aliphatic heterocycles. The molecule has 4 aromatic rings. The van der Waals surface area contributed by atoms with Gasteiger partial charge in [0.05, 0.1) is 21.8 Å². The fraction of sp³-hybridized carbons (Fsp3) is 0.0435. The van der Waals surface area contributed by atoms with Gasteiger partial charge in [0, 0.05) is 6.07 Å². The maximum atomic E-state index is 12.8. The van der Waals surface area contributed by atoms with E-state index in [0.29, 0.717) is 22.6 Å². The largest absolute Gasteiger partial charge is 0.451 e. The lowest BCUT2D eigenvalue weighted by atomic mass is 10.2. The molecule has 0 saturated carbocycles. The summed E-state index contributed by atoms with van der Waals surface area (Å²) in [7, 11) is 0. The van der Waals surface area contributed by atoms with Crippen LogP contribution in [0.2, 0.25) is 0 Å². The molecule has 0 spiro atoms. The van der Waals surface area contributed by atoms with Crippen molar-refractivity contribution in [2.24, 2.45) is 0 Å². The molecule has 0 unspecified atom stereocenters. The predicted molar refractivity (Wildman–Crippen MR) is 117 cm³/mol. The summed E-state index contributed by atoms with van der Waals surface area (Å²) in [4.78, 5) is 25.9. The Morgan fingerprint density at radius 1 is 1.06 bits per heavy atom. The van der Waals surface area contributed by atoms with Crippen LogP contribution < -0.4 is 5.32 Å². The van der Waals surface area contributed by atoms with E-state index in [1.54, 1.807) is 30.3 Å². The number of anilines is 1. The molecule has 0 bridgehead atoms. The first kappa shape index (κ1) is 20.1. The van der Waals surface area contributed by atoms with E-state index in [9.17, 15) is 9.59 Å². The van der Waals surface area contributed by atoms with Gasteiger partial charge in [0.25, 0.3) is 5.91 Å². The summed E-state index contributed by atoms with van der Waals surface area (Å²) in [5.74, 6) is -1.22. The van der Waals surface area contributed by atoms with Crippen LogP contribution in [0, 0.1) is 11.3 Å². The molecule has 7 nitrogen and oxygen atoms in total. The molecular formula is C23H16N4O3S. The summed E-state index contributed by atoms with van der Waals surface area (Å²) in [6, 6.07) is 23.3. The minimum absolute atomic E-state index is 0.208. The summed E-state index contributed by atoms with van der Waals surface area (Å²) in [6.45, 7) is -0.493. The van der Waals surface area contributed by atoms with Crippen molar-refractivity contribution in [1.29, 1.82) is 5.26 Å². The second-order valence-corrected chi connectivity index (χ2v) is 7.37. The third kappa shape index (κ3) is 4.52. The number of thiophene rings is 1. The fourth-order valence-corrected chi connectivity index (χ4v) is 3.60. The maximum Gasteiger partial charge on any atom is 0.357 e. The van der Waals surface area contributed by atoms with Gasteiger partial charge >= 0.3 is 5.97 Å². The molecule has 0 radical (unpaired) electrons. The molecule has 2 aromatic heterocycles. The highest BCUT2D eigenvalue weighted by Crippen LogP contribution is 2.26. The number of aromatic nitrogens is 2. The van der Waals surface area contributed by atoms with Crippen molar-refractivity contribution in [1.82, 2.24) is 9.78 Å². The lowest BCUT2D eigenvalue weighted by molar-refractivity contribution is -0.119. The third-order valence-electron chi connectivity index (χ3n) is 4.35. The van der Waals surface area contributed by atoms with Gasteiger partial charge in [-0.2, -0.15) is 10.4 Å². The standard InChI is InChI=1S/C23H16N4O3S/c24-14-16-7-4-5-10-18(16)25-22(28)15-30-23(29)20-13-19(21-11-6-12-31-21)26-27(20)17-8-2-1-3-9-17/h1-13H,15H2,(H,25,28). The van der Waals surface area contributed by atoms with Gasteiger partial charge in [0.2, 0.25) is 0 Å². The van der Waals surface area contributed by atoms with E-state index in [0.717, 1.165) is 4.88 Å². The Morgan fingerprint density at radius 3 is 2.58 bits per heavy atom. The van der Waals surface area contributed by atoms with Gasteiger partial charge in [0.1, 0.15) is 11.8 Å². The van der Waals surface area contributed by atoms with Crippen molar-refractivity contribution in [2.45, 2.75) is 0 Å². The van der Waals surface area contributed by atoms with E-state index >= 15 is 0 Å². The first-order valence-corrected chi connectivity index (χ1v) is 10.2. The zero-order chi connectivity index (χ0) is 21.6. The number of esters is 1. The molecule has 2 heterocycles. The Bertz CT molecular complexity index is 1260. The number of hydrogen-bond acceptors (Lipinski definition) is 6. The first-order chi connectivity index (χ1) is 15.2. The van der Waals surface area contributed by atoms with E-state index in [2.05, 4.69) is 10.4 Å². The van der Waals surface area contributed by atoms with E-state index in [1.807, 2.05) is 53.9 Å². The highest BCUT2D eigenvalue weighted by atomic mass is 32.1. The van der Waals surface area contributed by atoms with Gasteiger partial charge in [-0.1, -0.05) is 36.4 Å². The number of ether oxygens (including phenoxy) is 1. The lowest BCUT2D eigenvalue weighted by Crippen LogP contribution is -2.22. The number of nitrogens with zero attached hydrogens (tertiary/aromatic N) is 3. The predicted octanol–water partition coefficient (Wildman–Crippen LogP) is 4.27. The van der Waals surface area contributed by atoms with Gasteiger partial charge < -0.3 is 10.1 Å². The molecule has 0 saturated heterocycles. The number of benzene rings is 2. The van der Waals surface area contributed by atoms with E-state index in [1.165, 1.54) is 16.0 Å². The molecule has 0 fully saturated rings. The minimum atomic E-state index is -0.678. The molecule has 1 N–H and O–H groups in total. The zero-order valence-corrected chi connectivity index (χ0v) is 17.0. The van der Waals surface area contributed by atoms with Crippen LogP contribution in [0.5, 0.6) is 0 Å². The Balaban J connectivity index is 1.53. The van der Waals surface area contributed by atoms with Crippen molar-refractivity contribution < 1.29 is 14.3 Å². The molecule has 152 valence electrons. The molecule has 8 heteroatoms. The number of carbonyl (C=O) groups excluding carboxylic acids is 2. The highest BCUT2D eigenvalue weighted by Gasteiger charge is 2.20. The summed E-state index contributed by atoms with van der Waals surface area (Å²) in [6.07, 6.45) is 0. The maximum absolute atomic E-state index is 12.8. The van der Waals surface area contributed by atoms with Crippen LogP contribution in [0.3, 0.4) is 0 Å². The Labute approximate surface area is 182 Å². The van der Waals surface area contributed by atoms with Crippen molar-refractivity contribution >= 4 is 28.9 Å². The Kier molecular flexibility index (Phi) is 5.87. The summed E-state index contributed by atoms with van der Waals surface area (Å²) in [5, 5.41) is 18.2. The third-order valence-corrected chi connectivity index (χ3v) is 5.24. The topological polar surface area (TPSA) is 97.0 Å². The molecule has 0 aliphatic carbocycles. The summed E-state index contributed by atoms with van der Waals surface area (Å²) in [5.41, 5.74) is 2.23. The summed E-state index contributed by atoms with van der Waals surface area (Å²) < 4.78 is 6.74.